The number of benzene rings is 2. The first-order valence-electron chi connectivity index (χ1n) is 10.8. The Kier molecular flexibility index (Phi) is 7.55. The number of nitrogens with one attached hydrogen (secondary N) is 1. The van der Waals surface area contributed by atoms with E-state index >= 15 is 0 Å². The van der Waals surface area contributed by atoms with E-state index in [0.29, 0.717) is 16.9 Å². The molecule has 2 aliphatic heterocycles. The van der Waals surface area contributed by atoms with Crippen LogP contribution in [0.5, 0.6) is 0 Å². The van der Waals surface area contributed by atoms with Crippen LogP contribution in [0.3, 0.4) is 0 Å². The van der Waals surface area contributed by atoms with E-state index in [1.54, 1.807) is 0 Å². The minimum Gasteiger partial charge on any atom is -0.472 e. The molecular weight excluding hydrogens is 478 g/mol. The first-order valence-corrected chi connectivity index (χ1v) is 11.6. The predicted molar refractivity (Wildman–Crippen MR) is 125 cm³/mol. The highest BCUT2D eigenvalue weighted by atomic mass is 79.9. The van der Waals surface area contributed by atoms with Crippen LogP contribution in [-0.4, -0.2) is 48.0 Å². The Bertz CT molecular complexity index is 990. The van der Waals surface area contributed by atoms with Crippen molar-refractivity contribution in [2.75, 3.05) is 26.2 Å². The molecule has 0 saturated carbocycles. The number of halogens is 3. The fourth-order valence-electron chi connectivity index (χ4n) is 3.77. The number of hydrogen-bond donors (Lipinski definition) is 1. The van der Waals surface area contributed by atoms with Crippen LogP contribution >= 0.6 is 15.9 Å². The maximum absolute atomic E-state index is 13.8. The molecule has 4 rings (SSSR count). The number of nitrogens with zero attached hydrogens (tertiary/aromatic N) is 3. The van der Waals surface area contributed by atoms with Gasteiger partial charge in [0.25, 0.3) is 0 Å². The summed E-state index contributed by atoms with van der Waals surface area (Å²) >= 11 is 3.51. The number of piperazine rings is 1. The second-order valence-electron chi connectivity index (χ2n) is 8.08. The molecule has 1 unspecified atom stereocenters. The second kappa shape index (κ2) is 10.6. The van der Waals surface area contributed by atoms with Crippen LogP contribution in [0.1, 0.15) is 23.6 Å². The van der Waals surface area contributed by atoms with Crippen molar-refractivity contribution in [3.8, 4) is 0 Å². The van der Waals surface area contributed by atoms with Gasteiger partial charge in [-0.2, -0.15) is 0 Å². The molecule has 2 aromatic carbocycles. The Labute approximate surface area is 195 Å². The summed E-state index contributed by atoms with van der Waals surface area (Å²) in [5.41, 5.74) is 2.80. The van der Waals surface area contributed by atoms with E-state index in [1.807, 2.05) is 13.1 Å². The van der Waals surface area contributed by atoms with E-state index in [9.17, 15) is 8.78 Å². The number of rotatable bonds is 6. The minimum atomic E-state index is -0.628. The first-order chi connectivity index (χ1) is 15.5. The molecule has 0 aliphatic carbocycles. The van der Waals surface area contributed by atoms with Crippen LogP contribution in [0.15, 0.2) is 58.1 Å². The average molecular weight is 505 g/mol. The third-order valence-electron chi connectivity index (χ3n) is 5.65. The highest BCUT2D eigenvalue weighted by Gasteiger charge is 2.21. The fourth-order valence-corrected chi connectivity index (χ4v) is 4.25. The van der Waals surface area contributed by atoms with Crippen LogP contribution in [0.2, 0.25) is 0 Å². The Balaban J connectivity index is 1.33. The van der Waals surface area contributed by atoms with Crippen LogP contribution < -0.4 is 5.32 Å². The van der Waals surface area contributed by atoms with E-state index in [0.717, 1.165) is 38.8 Å². The maximum Gasteiger partial charge on any atom is 0.227 e. The van der Waals surface area contributed by atoms with Crippen molar-refractivity contribution in [2.45, 2.75) is 32.8 Å². The van der Waals surface area contributed by atoms with Crippen LogP contribution in [0, 0.1) is 11.6 Å². The lowest BCUT2D eigenvalue weighted by atomic mass is 10.1. The largest absolute Gasteiger partial charge is 0.472 e. The average Bonchev–Trinajstić information content (AvgIpc) is 2.78. The molecule has 170 valence electrons. The van der Waals surface area contributed by atoms with Crippen molar-refractivity contribution >= 4 is 21.8 Å². The molecule has 0 spiro atoms. The summed E-state index contributed by atoms with van der Waals surface area (Å²) in [7, 11) is 0. The van der Waals surface area contributed by atoms with E-state index < -0.39 is 11.6 Å². The van der Waals surface area contributed by atoms with Gasteiger partial charge in [-0.15, -0.1) is 0 Å². The molecule has 1 atom stereocenters. The van der Waals surface area contributed by atoms with Crippen LogP contribution in [0.4, 0.5) is 8.78 Å². The van der Waals surface area contributed by atoms with Gasteiger partial charge >= 0.3 is 0 Å². The van der Waals surface area contributed by atoms with Gasteiger partial charge in [0.2, 0.25) is 5.90 Å². The number of ether oxygens (including phenoxy) is 1. The SMILES string of the molecule is CC1N=C(OCc2ccc(F)cc2F)C(Br)=CN1Cc1ccc(CN2CCNCC2)cc1. The summed E-state index contributed by atoms with van der Waals surface area (Å²) in [6.45, 7) is 7.94. The highest BCUT2D eigenvalue weighted by molar-refractivity contribution is 9.12. The van der Waals surface area contributed by atoms with Crippen molar-refractivity contribution < 1.29 is 13.5 Å². The van der Waals surface area contributed by atoms with Crippen molar-refractivity contribution in [3.05, 3.63) is 81.5 Å². The Morgan fingerprint density at radius 2 is 1.75 bits per heavy atom. The molecule has 0 bridgehead atoms. The second-order valence-corrected chi connectivity index (χ2v) is 8.94. The summed E-state index contributed by atoms with van der Waals surface area (Å²) in [6, 6.07) is 12.2. The standard InChI is InChI=1S/C24H27BrF2N4O/c1-17-29-24(32-16-20-6-7-21(26)12-23(20)27)22(25)15-31(17)14-19-4-2-18(3-5-19)13-30-10-8-28-9-11-30/h2-7,12,15,17,28H,8-11,13-14,16H2,1H3. The van der Waals surface area contributed by atoms with Crippen molar-refractivity contribution in [1.29, 1.82) is 0 Å². The van der Waals surface area contributed by atoms with Gasteiger partial charge in [0.15, 0.2) is 0 Å². The highest BCUT2D eigenvalue weighted by Crippen LogP contribution is 2.23. The Morgan fingerprint density at radius 1 is 1.06 bits per heavy atom. The third kappa shape index (κ3) is 5.94. The van der Waals surface area contributed by atoms with Gasteiger partial charge < -0.3 is 15.0 Å². The molecule has 2 aromatic rings. The minimum absolute atomic E-state index is 0.0187. The van der Waals surface area contributed by atoms with Gasteiger partial charge in [-0.05, 0) is 46.1 Å². The van der Waals surface area contributed by atoms with E-state index in [4.69, 9.17) is 4.74 Å². The molecule has 1 saturated heterocycles. The van der Waals surface area contributed by atoms with Crippen LogP contribution in [-0.2, 0) is 24.4 Å². The van der Waals surface area contributed by atoms with Gasteiger partial charge in [-0.3, -0.25) is 4.90 Å². The quantitative estimate of drug-likeness (QED) is 0.633. The molecular formula is C24H27BrF2N4O. The number of hydrogen-bond acceptors (Lipinski definition) is 5. The summed E-state index contributed by atoms with van der Waals surface area (Å²) in [4.78, 5) is 9.17. The molecule has 2 heterocycles. The summed E-state index contributed by atoms with van der Waals surface area (Å²) in [5, 5.41) is 3.38. The molecule has 5 nitrogen and oxygen atoms in total. The summed E-state index contributed by atoms with van der Waals surface area (Å²) in [5.74, 6) is -0.830. The monoisotopic (exact) mass is 504 g/mol. The van der Waals surface area contributed by atoms with E-state index in [-0.39, 0.29) is 18.3 Å². The van der Waals surface area contributed by atoms with Gasteiger partial charge in [-0.25, -0.2) is 13.8 Å². The van der Waals surface area contributed by atoms with E-state index in [1.165, 1.54) is 23.3 Å². The Morgan fingerprint density at radius 3 is 2.44 bits per heavy atom. The molecule has 0 aromatic heterocycles. The maximum atomic E-state index is 13.8. The predicted octanol–water partition coefficient (Wildman–Crippen LogP) is 4.38. The molecule has 2 aliphatic rings. The number of aliphatic imine (C=N–C) groups is 1. The normalized spacial score (nSPS) is 19.5. The van der Waals surface area contributed by atoms with Gasteiger partial charge in [-0.1, -0.05) is 24.3 Å². The van der Waals surface area contributed by atoms with Crippen LogP contribution in [0.25, 0.3) is 0 Å². The summed E-state index contributed by atoms with van der Waals surface area (Å²) < 4.78 is 33.3. The van der Waals surface area contributed by atoms with Gasteiger partial charge in [0, 0.05) is 57.1 Å². The topological polar surface area (TPSA) is 40.1 Å². The molecule has 1 fully saturated rings. The zero-order valence-electron chi connectivity index (χ0n) is 18.0. The molecule has 8 heteroatoms. The lowest BCUT2D eigenvalue weighted by Crippen LogP contribution is -2.42. The molecule has 32 heavy (non-hydrogen) atoms. The zero-order valence-corrected chi connectivity index (χ0v) is 19.6. The molecule has 1 N–H and O–H groups in total. The van der Waals surface area contributed by atoms with Gasteiger partial charge in [0.1, 0.15) is 24.4 Å². The fraction of sp³-hybridized carbons (Fsp3) is 0.375. The lowest BCUT2D eigenvalue weighted by Gasteiger charge is -2.30. The third-order valence-corrected chi connectivity index (χ3v) is 6.19. The van der Waals surface area contributed by atoms with Crippen molar-refractivity contribution in [1.82, 2.24) is 15.1 Å². The Hall–Kier alpha value is -2.29. The zero-order chi connectivity index (χ0) is 22.5. The van der Waals surface area contributed by atoms with E-state index in [2.05, 4.69) is 60.3 Å². The van der Waals surface area contributed by atoms with Gasteiger partial charge in [0.05, 0.1) is 4.48 Å². The lowest BCUT2D eigenvalue weighted by molar-refractivity contribution is 0.233. The molecule has 0 amide bonds. The first kappa shape index (κ1) is 22.9. The summed E-state index contributed by atoms with van der Waals surface area (Å²) in [6.07, 6.45) is 1.81. The van der Waals surface area contributed by atoms with Crippen molar-refractivity contribution in [2.24, 2.45) is 4.99 Å². The molecule has 0 radical (unpaired) electrons. The van der Waals surface area contributed by atoms with Crippen molar-refractivity contribution in [3.63, 3.8) is 0 Å². The smallest absolute Gasteiger partial charge is 0.227 e.